The van der Waals surface area contributed by atoms with Crippen molar-refractivity contribution in [3.05, 3.63) is 29.6 Å². The van der Waals surface area contributed by atoms with Crippen LogP contribution < -0.4 is 5.32 Å². The molecule has 3 N–H and O–H groups in total. The molecule has 110 valence electrons. The van der Waals surface area contributed by atoms with Crippen LogP contribution in [0.4, 0.5) is 4.79 Å². The third-order valence-corrected chi connectivity index (χ3v) is 2.72. The first kappa shape index (κ1) is 15.9. The second-order valence-corrected chi connectivity index (χ2v) is 4.63. The number of carbonyl (C=O) groups excluding carboxylic acids is 1. The Balaban J connectivity index is 2.65. The molecule has 7 heteroatoms. The van der Waals surface area contributed by atoms with E-state index in [4.69, 9.17) is 5.11 Å². The Bertz CT molecular complexity index is 490. The standard InChI is InChI=1S/C13H19N3O4/c1-8-5-4-6-10(14-8)7-16(3)13(20)15-11(9(2)17)12(18)19/h4-6,9,11,17H,7H2,1-3H3,(H,15,20)(H,18,19). The Kier molecular flexibility index (Phi) is 5.45. The van der Waals surface area contributed by atoms with Crippen LogP contribution in [0.2, 0.25) is 0 Å². The topological polar surface area (TPSA) is 103 Å². The van der Waals surface area contributed by atoms with Crippen LogP contribution in [0.1, 0.15) is 18.3 Å². The Morgan fingerprint density at radius 3 is 2.60 bits per heavy atom. The number of nitrogens with one attached hydrogen (secondary N) is 1. The molecular formula is C13H19N3O4. The van der Waals surface area contributed by atoms with Crippen molar-refractivity contribution in [2.45, 2.75) is 32.5 Å². The van der Waals surface area contributed by atoms with Crippen molar-refractivity contribution in [3.63, 3.8) is 0 Å². The summed E-state index contributed by atoms with van der Waals surface area (Å²) in [5.74, 6) is -1.28. The van der Waals surface area contributed by atoms with Gasteiger partial charge in [0.25, 0.3) is 0 Å². The first-order valence-electron chi connectivity index (χ1n) is 6.16. The lowest BCUT2D eigenvalue weighted by Gasteiger charge is -2.22. The molecule has 0 fully saturated rings. The average Bonchev–Trinajstić information content (AvgIpc) is 2.34. The number of aliphatic carboxylic acids is 1. The van der Waals surface area contributed by atoms with Crippen molar-refractivity contribution < 1.29 is 19.8 Å². The minimum absolute atomic E-state index is 0.250. The van der Waals surface area contributed by atoms with Gasteiger partial charge in [-0.2, -0.15) is 0 Å². The number of nitrogens with zero attached hydrogens (tertiary/aromatic N) is 2. The van der Waals surface area contributed by atoms with E-state index < -0.39 is 24.1 Å². The molecule has 0 aliphatic carbocycles. The quantitative estimate of drug-likeness (QED) is 0.723. The van der Waals surface area contributed by atoms with Crippen molar-refractivity contribution in [2.24, 2.45) is 0 Å². The van der Waals surface area contributed by atoms with Crippen LogP contribution in [0.25, 0.3) is 0 Å². The number of rotatable bonds is 5. The fourth-order valence-electron chi connectivity index (χ4n) is 1.63. The molecule has 0 saturated carbocycles. The van der Waals surface area contributed by atoms with Gasteiger partial charge in [0.1, 0.15) is 0 Å². The number of urea groups is 1. The number of hydrogen-bond acceptors (Lipinski definition) is 4. The lowest BCUT2D eigenvalue weighted by Crippen LogP contribution is -2.51. The van der Waals surface area contributed by atoms with Crippen LogP contribution in [0, 0.1) is 6.92 Å². The molecule has 1 rings (SSSR count). The zero-order valence-electron chi connectivity index (χ0n) is 11.7. The van der Waals surface area contributed by atoms with Crippen molar-refractivity contribution in [1.82, 2.24) is 15.2 Å². The average molecular weight is 281 g/mol. The largest absolute Gasteiger partial charge is 0.480 e. The van der Waals surface area contributed by atoms with Crippen LogP contribution in [0.3, 0.4) is 0 Å². The van der Waals surface area contributed by atoms with Gasteiger partial charge in [0.15, 0.2) is 6.04 Å². The van der Waals surface area contributed by atoms with E-state index in [1.165, 1.54) is 18.9 Å². The van der Waals surface area contributed by atoms with Gasteiger partial charge in [-0.05, 0) is 26.0 Å². The van der Waals surface area contributed by atoms with E-state index in [0.717, 1.165) is 5.69 Å². The predicted octanol–water partition coefficient (Wildman–Crippen LogP) is 0.365. The lowest BCUT2D eigenvalue weighted by atomic mass is 10.2. The third-order valence-electron chi connectivity index (χ3n) is 2.72. The molecular weight excluding hydrogens is 262 g/mol. The zero-order valence-corrected chi connectivity index (χ0v) is 11.7. The maximum absolute atomic E-state index is 11.9. The third kappa shape index (κ3) is 4.51. The van der Waals surface area contributed by atoms with Crippen LogP contribution in [0.15, 0.2) is 18.2 Å². The second-order valence-electron chi connectivity index (χ2n) is 4.63. The summed E-state index contributed by atoms with van der Waals surface area (Å²) in [7, 11) is 1.53. The number of aliphatic hydroxyl groups is 1. The summed E-state index contributed by atoms with van der Waals surface area (Å²) in [6.07, 6.45) is -1.18. The van der Waals surface area contributed by atoms with Crippen LogP contribution >= 0.6 is 0 Å². The van der Waals surface area contributed by atoms with E-state index in [-0.39, 0.29) is 6.54 Å². The Morgan fingerprint density at radius 1 is 1.45 bits per heavy atom. The zero-order chi connectivity index (χ0) is 15.3. The second kappa shape index (κ2) is 6.85. The number of amides is 2. The van der Waals surface area contributed by atoms with Gasteiger partial charge in [-0.25, -0.2) is 9.59 Å². The van der Waals surface area contributed by atoms with E-state index >= 15 is 0 Å². The number of pyridine rings is 1. The van der Waals surface area contributed by atoms with Crippen LogP contribution in [0.5, 0.6) is 0 Å². The van der Waals surface area contributed by atoms with Crippen molar-refractivity contribution in [3.8, 4) is 0 Å². The van der Waals surface area contributed by atoms with Crippen LogP contribution in [-0.2, 0) is 11.3 Å². The van der Waals surface area contributed by atoms with Crippen LogP contribution in [-0.4, -0.2) is 51.3 Å². The summed E-state index contributed by atoms with van der Waals surface area (Å²) in [6.45, 7) is 3.40. The highest BCUT2D eigenvalue weighted by atomic mass is 16.4. The van der Waals surface area contributed by atoms with E-state index in [1.54, 1.807) is 6.07 Å². The van der Waals surface area contributed by atoms with Gasteiger partial charge in [-0.1, -0.05) is 6.07 Å². The van der Waals surface area contributed by atoms with E-state index in [1.807, 2.05) is 19.1 Å². The van der Waals surface area contributed by atoms with Gasteiger partial charge in [-0.15, -0.1) is 0 Å². The first-order valence-corrected chi connectivity index (χ1v) is 6.16. The van der Waals surface area contributed by atoms with Gasteiger partial charge in [-0.3, -0.25) is 4.98 Å². The highest BCUT2D eigenvalue weighted by Crippen LogP contribution is 2.03. The molecule has 0 bridgehead atoms. The Hall–Kier alpha value is -2.15. The summed E-state index contributed by atoms with van der Waals surface area (Å²) in [4.78, 5) is 28.3. The molecule has 1 heterocycles. The number of carboxylic acids is 1. The monoisotopic (exact) mass is 281 g/mol. The first-order chi connectivity index (χ1) is 9.31. The molecule has 2 unspecified atom stereocenters. The molecule has 0 saturated heterocycles. The van der Waals surface area contributed by atoms with Crippen molar-refractivity contribution in [2.75, 3.05) is 7.05 Å². The molecule has 0 radical (unpaired) electrons. The molecule has 1 aromatic rings. The summed E-state index contributed by atoms with van der Waals surface area (Å²) in [5.41, 5.74) is 1.54. The molecule has 7 nitrogen and oxygen atoms in total. The maximum Gasteiger partial charge on any atom is 0.328 e. The molecule has 2 atom stereocenters. The summed E-state index contributed by atoms with van der Waals surface area (Å²) >= 11 is 0. The minimum atomic E-state index is -1.34. The fourth-order valence-corrected chi connectivity index (χ4v) is 1.63. The molecule has 20 heavy (non-hydrogen) atoms. The van der Waals surface area contributed by atoms with Crippen molar-refractivity contribution >= 4 is 12.0 Å². The molecule has 0 aliphatic rings. The van der Waals surface area contributed by atoms with Gasteiger partial charge < -0.3 is 20.4 Å². The number of aromatic nitrogens is 1. The molecule has 2 amide bonds. The highest BCUT2D eigenvalue weighted by molar-refractivity contribution is 5.82. The van der Waals surface area contributed by atoms with Gasteiger partial charge in [0.2, 0.25) is 0 Å². The van der Waals surface area contributed by atoms with E-state index in [2.05, 4.69) is 10.3 Å². The fraction of sp³-hybridized carbons (Fsp3) is 0.462. The normalized spacial score (nSPS) is 13.4. The van der Waals surface area contributed by atoms with Crippen molar-refractivity contribution in [1.29, 1.82) is 0 Å². The maximum atomic E-state index is 11.9. The lowest BCUT2D eigenvalue weighted by molar-refractivity contribution is -0.141. The summed E-state index contributed by atoms with van der Waals surface area (Å²) in [6, 6.07) is 3.54. The molecule has 0 spiro atoms. The Labute approximate surface area is 117 Å². The van der Waals surface area contributed by atoms with Gasteiger partial charge >= 0.3 is 12.0 Å². The molecule has 0 aromatic carbocycles. The minimum Gasteiger partial charge on any atom is -0.480 e. The number of aliphatic hydroxyl groups excluding tert-OH is 1. The summed E-state index contributed by atoms with van der Waals surface area (Å²) < 4.78 is 0. The number of carbonyl (C=O) groups is 2. The van der Waals surface area contributed by atoms with E-state index in [9.17, 15) is 14.7 Å². The predicted molar refractivity (Wildman–Crippen MR) is 72.1 cm³/mol. The van der Waals surface area contributed by atoms with E-state index in [0.29, 0.717) is 5.69 Å². The molecule has 1 aromatic heterocycles. The molecule has 0 aliphatic heterocycles. The number of aryl methyl sites for hydroxylation is 1. The smallest absolute Gasteiger partial charge is 0.328 e. The van der Waals surface area contributed by atoms with Gasteiger partial charge in [0.05, 0.1) is 18.3 Å². The Morgan fingerprint density at radius 2 is 2.10 bits per heavy atom. The SMILES string of the molecule is Cc1cccc(CN(C)C(=O)NC(C(=O)O)C(C)O)n1. The highest BCUT2D eigenvalue weighted by Gasteiger charge is 2.26. The number of carboxylic acid groups (broad SMARTS) is 1. The summed E-state index contributed by atoms with van der Waals surface area (Å²) in [5, 5.41) is 20.5. The number of hydrogen-bond donors (Lipinski definition) is 3. The van der Waals surface area contributed by atoms with Gasteiger partial charge in [0, 0.05) is 12.7 Å².